The van der Waals surface area contributed by atoms with Crippen molar-refractivity contribution in [3.8, 4) is 45.3 Å². The number of aromatic nitrogens is 3. The molecule has 4 nitrogen and oxygen atoms in total. The standard InChI is InChI=1S/C53H31N3O/c1-3-11-34-26-42(22-17-32(34)9-1)51-54-52(43-23-18-33-10-2-4-12-35(33)27-43)56-53(55-51)44-24-20-38-25-41(21-19-39(38)28-44)46-30-40-15-7-8-16-45(40)49-47-29-36-13-5-6-14-37(36)31-48(47)57-50(46)49/h1-31H. The highest BCUT2D eigenvalue weighted by atomic mass is 16.3. The maximum absolute atomic E-state index is 6.76. The molecule has 57 heavy (non-hydrogen) atoms. The molecule has 0 saturated carbocycles. The van der Waals surface area contributed by atoms with Gasteiger partial charge in [-0.05, 0) is 102 Å². The van der Waals surface area contributed by atoms with Crippen molar-refractivity contribution in [1.82, 2.24) is 15.0 Å². The first-order valence-electron chi connectivity index (χ1n) is 19.2. The second-order valence-corrected chi connectivity index (χ2v) is 14.9. The van der Waals surface area contributed by atoms with E-state index < -0.39 is 0 Å². The van der Waals surface area contributed by atoms with Crippen LogP contribution >= 0.6 is 0 Å². The lowest BCUT2D eigenvalue weighted by Crippen LogP contribution is -2.00. The summed E-state index contributed by atoms with van der Waals surface area (Å²) >= 11 is 0. The van der Waals surface area contributed by atoms with Gasteiger partial charge in [0.25, 0.3) is 0 Å². The maximum atomic E-state index is 6.76. The van der Waals surface area contributed by atoms with Crippen LogP contribution in [0.3, 0.4) is 0 Å². The maximum Gasteiger partial charge on any atom is 0.164 e. The predicted octanol–water partition coefficient (Wildman–Crippen LogP) is 14.2. The lowest BCUT2D eigenvalue weighted by molar-refractivity contribution is 0.671. The van der Waals surface area contributed by atoms with Crippen molar-refractivity contribution in [3.63, 3.8) is 0 Å². The zero-order valence-electron chi connectivity index (χ0n) is 30.6. The molecule has 0 atom stereocenters. The Kier molecular flexibility index (Phi) is 6.89. The predicted molar refractivity (Wildman–Crippen MR) is 236 cm³/mol. The van der Waals surface area contributed by atoms with E-state index in [0.717, 1.165) is 71.3 Å². The molecule has 0 saturated heterocycles. The Balaban J connectivity index is 1.00. The Morgan fingerprint density at radius 1 is 0.298 bits per heavy atom. The van der Waals surface area contributed by atoms with E-state index in [4.69, 9.17) is 19.4 Å². The summed E-state index contributed by atoms with van der Waals surface area (Å²) in [4.78, 5) is 15.3. The number of hydrogen-bond donors (Lipinski definition) is 0. The van der Waals surface area contributed by atoms with Crippen molar-refractivity contribution in [2.75, 3.05) is 0 Å². The number of furan rings is 1. The molecule has 0 bridgehead atoms. The number of hydrogen-bond acceptors (Lipinski definition) is 4. The van der Waals surface area contributed by atoms with Crippen LogP contribution in [0.5, 0.6) is 0 Å². The van der Waals surface area contributed by atoms with E-state index in [1.54, 1.807) is 0 Å². The average Bonchev–Trinajstić information content (AvgIpc) is 3.65. The van der Waals surface area contributed by atoms with Gasteiger partial charge in [0.15, 0.2) is 17.5 Å². The molecule has 12 rings (SSSR count). The molecule has 12 aromatic rings. The number of fused-ring (bicyclic) bond motifs is 9. The van der Waals surface area contributed by atoms with E-state index in [1.165, 1.54) is 32.3 Å². The quantitative estimate of drug-likeness (QED) is 0.181. The minimum Gasteiger partial charge on any atom is -0.455 e. The van der Waals surface area contributed by atoms with Gasteiger partial charge in [-0.2, -0.15) is 0 Å². The zero-order chi connectivity index (χ0) is 37.5. The highest BCUT2D eigenvalue weighted by molar-refractivity contribution is 6.24. The van der Waals surface area contributed by atoms with Crippen molar-refractivity contribution >= 4 is 75.8 Å². The van der Waals surface area contributed by atoms with Crippen LogP contribution in [0.1, 0.15) is 0 Å². The Morgan fingerprint density at radius 3 is 1.26 bits per heavy atom. The second-order valence-electron chi connectivity index (χ2n) is 14.9. The molecule has 0 unspecified atom stereocenters. The van der Waals surface area contributed by atoms with Gasteiger partial charge in [-0.1, -0.05) is 146 Å². The Morgan fingerprint density at radius 2 is 0.702 bits per heavy atom. The monoisotopic (exact) mass is 725 g/mol. The van der Waals surface area contributed by atoms with E-state index in [0.29, 0.717) is 17.5 Å². The summed E-state index contributed by atoms with van der Waals surface area (Å²) in [5.41, 5.74) is 6.81. The van der Waals surface area contributed by atoms with Crippen LogP contribution in [0.25, 0.3) is 121 Å². The molecule has 0 amide bonds. The molecular weight excluding hydrogens is 695 g/mol. The Hall–Kier alpha value is -7.69. The van der Waals surface area contributed by atoms with Crippen molar-refractivity contribution in [2.45, 2.75) is 0 Å². The molecule has 0 fully saturated rings. The minimum atomic E-state index is 0.633. The molecule has 4 heteroatoms. The number of rotatable bonds is 4. The summed E-state index contributed by atoms with van der Waals surface area (Å²) in [7, 11) is 0. The van der Waals surface area contributed by atoms with Gasteiger partial charge in [0.05, 0.1) is 0 Å². The van der Waals surface area contributed by atoms with Gasteiger partial charge >= 0.3 is 0 Å². The van der Waals surface area contributed by atoms with Crippen LogP contribution < -0.4 is 0 Å². The van der Waals surface area contributed by atoms with Gasteiger partial charge in [-0.3, -0.25) is 0 Å². The topological polar surface area (TPSA) is 51.8 Å². The van der Waals surface area contributed by atoms with Gasteiger partial charge in [-0.25, -0.2) is 15.0 Å². The number of benzene rings is 10. The number of nitrogens with zero attached hydrogens (tertiary/aromatic N) is 3. The van der Waals surface area contributed by atoms with Gasteiger partial charge < -0.3 is 4.42 Å². The fourth-order valence-corrected chi connectivity index (χ4v) is 8.50. The van der Waals surface area contributed by atoms with Crippen LogP contribution in [0.4, 0.5) is 0 Å². The lowest BCUT2D eigenvalue weighted by atomic mass is 9.94. The van der Waals surface area contributed by atoms with E-state index in [2.05, 4.69) is 188 Å². The van der Waals surface area contributed by atoms with E-state index in [-0.39, 0.29) is 0 Å². The van der Waals surface area contributed by atoms with Crippen molar-refractivity contribution in [3.05, 3.63) is 188 Å². The van der Waals surface area contributed by atoms with E-state index >= 15 is 0 Å². The average molecular weight is 726 g/mol. The van der Waals surface area contributed by atoms with E-state index in [1.807, 2.05) is 0 Å². The first-order valence-corrected chi connectivity index (χ1v) is 19.2. The van der Waals surface area contributed by atoms with Crippen molar-refractivity contribution < 1.29 is 4.42 Å². The Labute approximate surface area is 327 Å². The molecule has 0 N–H and O–H groups in total. The summed E-state index contributed by atoms with van der Waals surface area (Å²) in [6.45, 7) is 0. The van der Waals surface area contributed by atoms with Gasteiger partial charge in [-0.15, -0.1) is 0 Å². The van der Waals surface area contributed by atoms with Gasteiger partial charge in [0, 0.05) is 33.0 Å². The highest BCUT2D eigenvalue weighted by Gasteiger charge is 2.18. The van der Waals surface area contributed by atoms with E-state index in [9.17, 15) is 0 Å². The lowest BCUT2D eigenvalue weighted by Gasteiger charge is -2.11. The fraction of sp³-hybridized carbons (Fsp3) is 0. The summed E-state index contributed by atoms with van der Waals surface area (Å²) in [5, 5.41) is 13.9. The molecule has 2 aromatic heterocycles. The molecular formula is C53H31N3O. The third-order valence-corrected chi connectivity index (χ3v) is 11.4. The van der Waals surface area contributed by atoms with Gasteiger partial charge in [0.1, 0.15) is 11.2 Å². The first kappa shape index (κ1) is 31.6. The molecule has 0 radical (unpaired) electrons. The van der Waals surface area contributed by atoms with Crippen LogP contribution in [-0.4, -0.2) is 15.0 Å². The first-order chi connectivity index (χ1) is 28.2. The van der Waals surface area contributed by atoms with Crippen LogP contribution in [-0.2, 0) is 0 Å². The summed E-state index contributed by atoms with van der Waals surface area (Å²) in [6, 6.07) is 66.5. The molecule has 0 spiro atoms. The van der Waals surface area contributed by atoms with Crippen LogP contribution in [0.15, 0.2) is 192 Å². The van der Waals surface area contributed by atoms with Gasteiger partial charge in [0.2, 0.25) is 0 Å². The van der Waals surface area contributed by atoms with Crippen molar-refractivity contribution in [1.29, 1.82) is 0 Å². The summed E-state index contributed by atoms with van der Waals surface area (Å²) < 4.78 is 6.76. The SMILES string of the molecule is c1ccc2cc(-c3nc(-c4ccc5ccccc5c4)nc(-c4ccc5cc(-c6cc7ccccc7c7c6oc6cc8ccccc8cc67)ccc5c4)n3)ccc2c1. The molecule has 0 aliphatic rings. The minimum absolute atomic E-state index is 0.633. The van der Waals surface area contributed by atoms with Crippen LogP contribution in [0.2, 0.25) is 0 Å². The summed E-state index contributed by atoms with van der Waals surface area (Å²) in [5.74, 6) is 1.92. The molecule has 264 valence electrons. The third-order valence-electron chi connectivity index (χ3n) is 11.4. The zero-order valence-corrected chi connectivity index (χ0v) is 30.6. The third kappa shape index (κ3) is 5.26. The molecule has 0 aliphatic heterocycles. The smallest absolute Gasteiger partial charge is 0.164 e. The second kappa shape index (κ2) is 12.4. The molecule has 0 aliphatic carbocycles. The van der Waals surface area contributed by atoms with Crippen LogP contribution in [0, 0.1) is 0 Å². The normalized spacial score (nSPS) is 11.9. The Bertz CT molecular complexity index is 3500. The van der Waals surface area contributed by atoms with Crippen molar-refractivity contribution in [2.24, 2.45) is 0 Å². The summed E-state index contributed by atoms with van der Waals surface area (Å²) in [6.07, 6.45) is 0. The highest BCUT2D eigenvalue weighted by Crippen LogP contribution is 2.43. The molecule has 2 heterocycles. The fourth-order valence-electron chi connectivity index (χ4n) is 8.50. The molecule has 10 aromatic carbocycles. The largest absolute Gasteiger partial charge is 0.455 e.